The van der Waals surface area contributed by atoms with E-state index in [0.29, 0.717) is 5.92 Å². The van der Waals surface area contributed by atoms with E-state index >= 15 is 0 Å². The van der Waals surface area contributed by atoms with Crippen molar-refractivity contribution in [2.75, 3.05) is 19.7 Å². The van der Waals surface area contributed by atoms with Crippen LogP contribution in [0.2, 0.25) is 0 Å². The highest BCUT2D eigenvalue weighted by molar-refractivity contribution is 7.09. The number of hydrogen-bond donors (Lipinski definition) is 1. The van der Waals surface area contributed by atoms with Gasteiger partial charge in [0.15, 0.2) is 0 Å². The van der Waals surface area contributed by atoms with Gasteiger partial charge in [0.2, 0.25) is 0 Å². The SMILES string of the molecule is CCNCC(C)c1csc(C(CC)(CC)OCC)n1. The summed E-state index contributed by atoms with van der Waals surface area (Å²) in [7, 11) is 0. The van der Waals surface area contributed by atoms with Crippen molar-refractivity contribution in [1.82, 2.24) is 10.3 Å². The molecule has 110 valence electrons. The molecule has 1 aromatic heterocycles. The van der Waals surface area contributed by atoms with Crippen LogP contribution in [0.3, 0.4) is 0 Å². The molecule has 1 heterocycles. The van der Waals surface area contributed by atoms with Gasteiger partial charge in [-0.05, 0) is 26.3 Å². The van der Waals surface area contributed by atoms with E-state index in [9.17, 15) is 0 Å². The summed E-state index contributed by atoms with van der Waals surface area (Å²) in [6, 6.07) is 0. The molecule has 0 aromatic carbocycles. The normalized spacial score (nSPS) is 13.7. The van der Waals surface area contributed by atoms with E-state index in [1.807, 2.05) is 0 Å². The maximum atomic E-state index is 6.02. The molecule has 1 rings (SSSR count). The number of ether oxygens (including phenoxy) is 1. The van der Waals surface area contributed by atoms with Crippen LogP contribution < -0.4 is 5.32 Å². The lowest BCUT2D eigenvalue weighted by molar-refractivity contribution is -0.0507. The Morgan fingerprint density at radius 2 is 2.00 bits per heavy atom. The molecule has 0 saturated carbocycles. The molecule has 1 unspecified atom stereocenters. The van der Waals surface area contributed by atoms with Gasteiger partial charge in [-0.3, -0.25) is 0 Å². The maximum absolute atomic E-state index is 6.02. The molecule has 0 saturated heterocycles. The van der Waals surface area contributed by atoms with E-state index in [1.54, 1.807) is 11.3 Å². The Labute approximate surface area is 121 Å². The van der Waals surface area contributed by atoms with Crippen molar-refractivity contribution in [2.45, 2.75) is 59.0 Å². The van der Waals surface area contributed by atoms with Crippen LogP contribution >= 0.6 is 11.3 Å². The van der Waals surface area contributed by atoms with Gasteiger partial charge in [0.25, 0.3) is 0 Å². The van der Waals surface area contributed by atoms with E-state index in [2.05, 4.69) is 45.3 Å². The zero-order valence-corrected chi connectivity index (χ0v) is 13.8. The number of aromatic nitrogens is 1. The molecule has 19 heavy (non-hydrogen) atoms. The monoisotopic (exact) mass is 284 g/mol. The smallest absolute Gasteiger partial charge is 0.125 e. The molecular formula is C15H28N2OS. The van der Waals surface area contributed by atoms with Crippen LogP contribution in [0.1, 0.15) is 64.1 Å². The van der Waals surface area contributed by atoms with Crippen LogP contribution in [0.25, 0.3) is 0 Å². The van der Waals surface area contributed by atoms with Crippen LogP contribution in [0, 0.1) is 0 Å². The van der Waals surface area contributed by atoms with E-state index in [4.69, 9.17) is 9.72 Å². The van der Waals surface area contributed by atoms with Gasteiger partial charge < -0.3 is 10.1 Å². The molecule has 0 aliphatic heterocycles. The summed E-state index contributed by atoms with van der Waals surface area (Å²) < 4.78 is 6.02. The molecular weight excluding hydrogens is 256 g/mol. The summed E-state index contributed by atoms with van der Waals surface area (Å²) in [6.07, 6.45) is 1.96. The third kappa shape index (κ3) is 4.01. The molecule has 0 radical (unpaired) electrons. The summed E-state index contributed by atoms with van der Waals surface area (Å²) in [5.74, 6) is 0.456. The van der Waals surface area contributed by atoms with Crippen molar-refractivity contribution in [2.24, 2.45) is 0 Å². The lowest BCUT2D eigenvalue weighted by Crippen LogP contribution is -2.28. The number of rotatable bonds is 9. The largest absolute Gasteiger partial charge is 0.368 e. The zero-order chi connectivity index (χ0) is 14.3. The summed E-state index contributed by atoms with van der Waals surface area (Å²) in [5.41, 5.74) is 1.00. The Morgan fingerprint density at radius 1 is 1.32 bits per heavy atom. The number of nitrogens with zero attached hydrogens (tertiary/aromatic N) is 1. The van der Waals surface area contributed by atoms with Crippen LogP contribution in [-0.4, -0.2) is 24.7 Å². The maximum Gasteiger partial charge on any atom is 0.125 e. The van der Waals surface area contributed by atoms with Crippen LogP contribution in [-0.2, 0) is 10.3 Å². The Balaban J connectivity index is 2.86. The van der Waals surface area contributed by atoms with Gasteiger partial charge in [-0.1, -0.05) is 27.7 Å². The number of nitrogens with one attached hydrogen (secondary N) is 1. The van der Waals surface area contributed by atoms with Gasteiger partial charge in [0, 0.05) is 24.4 Å². The van der Waals surface area contributed by atoms with Gasteiger partial charge in [0.05, 0.1) is 5.69 Å². The highest BCUT2D eigenvalue weighted by Gasteiger charge is 2.32. The van der Waals surface area contributed by atoms with Gasteiger partial charge in [-0.15, -0.1) is 11.3 Å². The highest BCUT2D eigenvalue weighted by atomic mass is 32.1. The Hall–Kier alpha value is -0.450. The second-order valence-electron chi connectivity index (χ2n) is 4.92. The lowest BCUT2D eigenvalue weighted by atomic mass is 9.98. The predicted octanol–water partition coefficient (Wildman–Crippen LogP) is 3.91. The van der Waals surface area contributed by atoms with E-state index < -0.39 is 0 Å². The first kappa shape index (κ1) is 16.6. The van der Waals surface area contributed by atoms with E-state index in [-0.39, 0.29) is 5.60 Å². The molecule has 1 N–H and O–H groups in total. The fourth-order valence-corrected chi connectivity index (χ4v) is 3.52. The summed E-state index contributed by atoms with van der Waals surface area (Å²) in [4.78, 5) is 4.85. The molecule has 0 spiro atoms. The summed E-state index contributed by atoms with van der Waals surface area (Å²) in [5, 5.41) is 6.71. The van der Waals surface area contributed by atoms with E-state index in [0.717, 1.165) is 37.5 Å². The molecule has 3 nitrogen and oxygen atoms in total. The molecule has 0 amide bonds. The Bertz CT molecular complexity index is 361. The van der Waals surface area contributed by atoms with Crippen molar-refractivity contribution in [3.8, 4) is 0 Å². The quantitative estimate of drug-likeness (QED) is 0.746. The third-order valence-electron chi connectivity index (χ3n) is 3.68. The first-order valence-corrected chi connectivity index (χ1v) is 8.32. The van der Waals surface area contributed by atoms with Crippen molar-refractivity contribution >= 4 is 11.3 Å². The topological polar surface area (TPSA) is 34.1 Å². The van der Waals surface area contributed by atoms with Crippen LogP contribution in [0.5, 0.6) is 0 Å². The molecule has 1 atom stereocenters. The minimum absolute atomic E-state index is 0.185. The first-order valence-electron chi connectivity index (χ1n) is 7.44. The van der Waals surface area contributed by atoms with Gasteiger partial charge in [0.1, 0.15) is 10.6 Å². The van der Waals surface area contributed by atoms with Crippen molar-refractivity contribution in [3.63, 3.8) is 0 Å². The van der Waals surface area contributed by atoms with Gasteiger partial charge in [-0.2, -0.15) is 0 Å². The van der Waals surface area contributed by atoms with Crippen molar-refractivity contribution in [1.29, 1.82) is 0 Å². The zero-order valence-electron chi connectivity index (χ0n) is 13.0. The predicted molar refractivity (Wildman–Crippen MR) is 83.0 cm³/mol. The number of likely N-dealkylation sites (N-methyl/N-ethyl adjacent to an activating group) is 1. The summed E-state index contributed by atoms with van der Waals surface area (Å²) in [6.45, 7) is 13.5. The molecule has 4 heteroatoms. The van der Waals surface area contributed by atoms with Crippen molar-refractivity contribution in [3.05, 3.63) is 16.1 Å². The lowest BCUT2D eigenvalue weighted by Gasteiger charge is -2.29. The average molecular weight is 284 g/mol. The first-order chi connectivity index (χ1) is 9.13. The molecule has 1 aromatic rings. The van der Waals surface area contributed by atoms with Crippen LogP contribution in [0.15, 0.2) is 5.38 Å². The minimum Gasteiger partial charge on any atom is -0.368 e. The second-order valence-corrected chi connectivity index (χ2v) is 5.78. The Morgan fingerprint density at radius 3 is 2.53 bits per heavy atom. The minimum atomic E-state index is -0.185. The van der Waals surface area contributed by atoms with Gasteiger partial charge >= 0.3 is 0 Å². The molecule has 0 aliphatic rings. The fraction of sp³-hybridized carbons (Fsp3) is 0.800. The molecule has 0 fully saturated rings. The van der Waals surface area contributed by atoms with E-state index in [1.165, 1.54) is 5.69 Å². The Kier molecular flexibility index (Phi) is 6.97. The highest BCUT2D eigenvalue weighted by Crippen LogP contribution is 2.36. The van der Waals surface area contributed by atoms with Crippen LogP contribution in [0.4, 0.5) is 0 Å². The molecule has 0 bridgehead atoms. The van der Waals surface area contributed by atoms with Gasteiger partial charge in [-0.25, -0.2) is 4.98 Å². The summed E-state index contributed by atoms with van der Waals surface area (Å²) >= 11 is 1.74. The standard InChI is InChI=1S/C15H28N2OS/c1-6-15(7-2,18-9-4)14-17-13(11-19-14)12(5)10-16-8-3/h11-12,16H,6-10H2,1-5H3. The van der Waals surface area contributed by atoms with Crippen molar-refractivity contribution < 1.29 is 4.74 Å². The molecule has 0 aliphatic carbocycles. The third-order valence-corrected chi connectivity index (χ3v) is 4.73. The fourth-order valence-electron chi connectivity index (χ4n) is 2.28. The second kappa shape index (κ2) is 7.98. The average Bonchev–Trinajstić information content (AvgIpc) is 2.92. The number of thiazole rings is 1. The number of hydrogen-bond acceptors (Lipinski definition) is 4.